The maximum absolute atomic E-state index is 10.8. The van der Waals surface area contributed by atoms with E-state index in [1.165, 1.54) is 24.0 Å². The standard InChI is InChI=1S/C15H23NO2/c1-18-11-15(17,8-3-9-16)14-7-6-12-4-2-5-13(12)10-14/h6-7,10,17H,2-5,8-9,11,16H2,1H3. The lowest BCUT2D eigenvalue weighted by Gasteiger charge is -2.28. The van der Waals surface area contributed by atoms with Crippen molar-refractivity contribution < 1.29 is 9.84 Å². The molecule has 0 amide bonds. The summed E-state index contributed by atoms with van der Waals surface area (Å²) in [6, 6.07) is 6.35. The van der Waals surface area contributed by atoms with Crippen LogP contribution in [0.5, 0.6) is 0 Å². The van der Waals surface area contributed by atoms with Gasteiger partial charge in [-0.05, 0) is 55.3 Å². The van der Waals surface area contributed by atoms with Crippen molar-refractivity contribution in [3.63, 3.8) is 0 Å². The van der Waals surface area contributed by atoms with Crippen LogP contribution in [0.3, 0.4) is 0 Å². The van der Waals surface area contributed by atoms with Crippen molar-refractivity contribution in [1.29, 1.82) is 0 Å². The van der Waals surface area contributed by atoms with E-state index in [0.29, 0.717) is 19.6 Å². The molecule has 0 radical (unpaired) electrons. The van der Waals surface area contributed by atoms with Gasteiger partial charge in [0.05, 0.1) is 6.61 Å². The molecule has 0 bridgehead atoms. The second-order valence-corrected chi connectivity index (χ2v) is 5.19. The van der Waals surface area contributed by atoms with Crippen LogP contribution in [0.2, 0.25) is 0 Å². The Morgan fingerprint density at radius 3 is 2.83 bits per heavy atom. The smallest absolute Gasteiger partial charge is 0.113 e. The summed E-state index contributed by atoms with van der Waals surface area (Å²) >= 11 is 0. The van der Waals surface area contributed by atoms with Gasteiger partial charge in [0, 0.05) is 7.11 Å². The number of ether oxygens (including phenoxy) is 1. The molecule has 3 nitrogen and oxygen atoms in total. The molecule has 0 saturated carbocycles. The average molecular weight is 249 g/mol. The lowest BCUT2D eigenvalue weighted by Crippen LogP contribution is -2.32. The summed E-state index contributed by atoms with van der Waals surface area (Å²) in [5.74, 6) is 0. The van der Waals surface area contributed by atoms with Crippen LogP contribution in [0.15, 0.2) is 18.2 Å². The number of rotatable bonds is 6. The third-order valence-corrected chi connectivity index (χ3v) is 3.81. The Hall–Kier alpha value is -0.900. The maximum atomic E-state index is 10.8. The Balaban J connectivity index is 2.24. The fourth-order valence-corrected chi connectivity index (χ4v) is 2.79. The fraction of sp³-hybridized carbons (Fsp3) is 0.600. The zero-order chi connectivity index (χ0) is 13.0. The molecule has 1 unspecified atom stereocenters. The molecule has 1 aliphatic rings. The average Bonchev–Trinajstić information content (AvgIpc) is 2.84. The number of nitrogens with two attached hydrogens (primary N) is 1. The molecule has 1 aliphatic carbocycles. The van der Waals surface area contributed by atoms with E-state index in [-0.39, 0.29) is 0 Å². The molecule has 1 aromatic rings. The van der Waals surface area contributed by atoms with Gasteiger partial charge in [-0.1, -0.05) is 18.2 Å². The van der Waals surface area contributed by atoms with E-state index in [0.717, 1.165) is 18.4 Å². The van der Waals surface area contributed by atoms with E-state index in [4.69, 9.17) is 10.5 Å². The van der Waals surface area contributed by atoms with Crippen molar-refractivity contribution in [3.05, 3.63) is 34.9 Å². The highest BCUT2D eigenvalue weighted by atomic mass is 16.5. The molecule has 3 heteroatoms. The second kappa shape index (κ2) is 5.83. The molecular formula is C15H23NO2. The van der Waals surface area contributed by atoms with Gasteiger partial charge in [-0.15, -0.1) is 0 Å². The number of aliphatic hydroxyl groups is 1. The largest absolute Gasteiger partial charge is 0.383 e. The van der Waals surface area contributed by atoms with Gasteiger partial charge in [-0.2, -0.15) is 0 Å². The summed E-state index contributed by atoms with van der Waals surface area (Å²) in [5, 5.41) is 10.8. The monoisotopic (exact) mass is 249 g/mol. The SMILES string of the molecule is COCC(O)(CCCN)c1ccc2c(c1)CCC2. The lowest BCUT2D eigenvalue weighted by atomic mass is 9.88. The zero-order valence-electron chi connectivity index (χ0n) is 11.1. The van der Waals surface area contributed by atoms with E-state index in [2.05, 4.69) is 12.1 Å². The minimum atomic E-state index is -0.897. The van der Waals surface area contributed by atoms with Crippen molar-refractivity contribution in [2.75, 3.05) is 20.3 Å². The van der Waals surface area contributed by atoms with E-state index < -0.39 is 5.60 Å². The van der Waals surface area contributed by atoms with Crippen molar-refractivity contribution in [1.82, 2.24) is 0 Å². The van der Waals surface area contributed by atoms with Crippen LogP contribution in [0, 0.1) is 0 Å². The number of benzene rings is 1. The Bertz CT molecular complexity index is 405. The molecule has 100 valence electrons. The Morgan fingerprint density at radius 1 is 1.33 bits per heavy atom. The first-order valence-electron chi connectivity index (χ1n) is 6.73. The molecule has 0 fully saturated rings. The first-order valence-corrected chi connectivity index (χ1v) is 6.73. The summed E-state index contributed by atoms with van der Waals surface area (Å²) in [5.41, 5.74) is 8.43. The van der Waals surface area contributed by atoms with E-state index >= 15 is 0 Å². The van der Waals surface area contributed by atoms with Crippen LogP contribution >= 0.6 is 0 Å². The Labute approximate surface area is 109 Å². The molecular weight excluding hydrogens is 226 g/mol. The van der Waals surface area contributed by atoms with Gasteiger partial charge in [0.1, 0.15) is 5.60 Å². The number of aryl methyl sites for hydroxylation is 2. The molecule has 0 spiro atoms. The first kappa shape index (κ1) is 13.5. The zero-order valence-corrected chi connectivity index (χ0v) is 11.1. The first-order chi connectivity index (χ1) is 8.69. The van der Waals surface area contributed by atoms with Crippen molar-refractivity contribution in [3.8, 4) is 0 Å². The molecule has 0 aliphatic heterocycles. The van der Waals surface area contributed by atoms with Gasteiger partial charge >= 0.3 is 0 Å². The van der Waals surface area contributed by atoms with E-state index in [9.17, 15) is 5.11 Å². The molecule has 1 atom stereocenters. The summed E-state index contributed by atoms with van der Waals surface area (Å²) in [6.07, 6.45) is 4.97. The Kier molecular flexibility index (Phi) is 4.38. The highest BCUT2D eigenvalue weighted by Gasteiger charge is 2.29. The van der Waals surface area contributed by atoms with Gasteiger partial charge in [0.2, 0.25) is 0 Å². The predicted molar refractivity (Wildman–Crippen MR) is 72.5 cm³/mol. The van der Waals surface area contributed by atoms with Crippen LogP contribution in [0.25, 0.3) is 0 Å². The highest BCUT2D eigenvalue weighted by Crippen LogP contribution is 2.31. The van der Waals surface area contributed by atoms with Crippen molar-refractivity contribution in [2.24, 2.45) is 5.73 Å². The number of fused-ring (bicyclic) bond motifs is 1. The van der Waals surface area contributed by atoms with Crippen molar-refractivity contribution in [2.45, 2.75) is 37.7 Å². The second-order valence-electron chi connectivity index (χ2n) is 5.19. The summed E-state index contributed by atoms with van der Waals surface area (Å²) < 4.78 is 5.19. The molecule has 0 aromatic heterocycles. The third-order valence-electron chi connectivity index (χ3n) is 3.81. The number of hydrogen-bond donors (Lipinski definition) is 2. The van der Waals surface area contributed by atoms with E-state index in [1.807, 2.05) is 6.07 Å². The molecule has 0 heterocycles. The van der Waals surface area contributed by atoms with Gasteiger partial charge in [-0.3, -0.25) is 0 Å². The van der Waals surface area contributed by atoms with Crippen molar-refractivity contribution >= 4 is 0 Å². The highest BCUT2D eigenvalue weighted by molar-refractivity contribution is 5.37. The third kappa shape index (κ3) is 2.74. The molecule has 2 rings (SSSR count). The molecule has 0 saturated heterocycles. The lowest BCUT2D eigenvalue weighted by molar-refractivity contribution is -0.0430. The minimum Gasteiger partial charge on any atom is -0.383 e. The summed E-state index contributed by atoms with van der Waals surface area (Å²) in [6.45, 7) is 0.919. The van der Waals surface area contributed by atoms with Gasteiger partial charge in [-0.25, -0.2) is 0 Å². The summed E-state index contributed by atoms with van der Waals surface area (Å²) in [4.78, 5) is 0. The molecule has 3 N–H and O–H groups in total. The fourth-order valence-electron chi connectivity index (χ4n) is 2.79. The maximum Gasteiger partial charge on any atom is 0.113 e. The van der Waals surface area contributed by atoms with Crippen LogP contribution in [0.1, 0.15) is 36.0 Å². The number of hydrogen-bond acceptors (Lipinski definition) is 3. The summed E-state index contributed by atoms with van der Waals surface area (Å²) in [7, 11) is 1.63. The van der Waals surface area contributed by atoms with Gasteiger partial charge < -0.3 is 15.6 Å². The van der Waals surface area contributed by atoms with Gasteiger partial charge in [0.25, 0.3) is 0 Å². The quantitative estimate of drug-likeness (QED) is 0.807. The van der Waals surface area contributed by atoms with Crippen LogP contribution in [-0.4, -0.2) is 25.4 Å². The van der Waals surface area contributed by atoms with Gasteiger partial charge in [0.15, 0.2) is 0 Å². The normalized spacial score (nSPS) is 17.5. The van der Waals surface area contributed by atoms with Crippen LogP contribution in [0.4, 0.5) is 0 Å². The molecule has 1 aromatic carbocycles. The van der Waals surface area contributed by atoms with Crippen LogP contribution in [-0.2, 0) is 23.2 Å². The van der Waals surface area contributed by atoms with E-state index in [1.54, 1.807) is 7.11 Å². The predicted octanol–water partition coefficient (Wildman–Crippen LogP) is 1.75. The van der Waals surface area contributed by atoms with Crippen LogP contribution < -0.4 is 5.73 Å². The number of methoxy groups -OCH3 is 1. The molecule has 18 heavy (non-hydrogen) atoms. The minimum absolute atomic E-state index is 0.325. The topological polar surface area (TPSA) is 55.5 Å². The Morgan fingerprint density at radius 2 is 2.11 bits per heavy atom.